The van der Waals surface area contributed by atoms with Crippen LogP contribution in [-0.4, -0.2) is 35.9 Å². The van der Waals surface area contributed by atoms with Crippen LogP contribution in [-0.2, 0) is 21.5 Å². The Morgan fingerprint density at radius 1 is 1.03 bits per heavy atom. The zero-order chi connectivity index (χ0) is 23.9. The molecule has 0 aromatic heterocycles. The SMILES string of the molecule is CC(C)CNC(=O)[C@@H](C)N(Cc1ccccc1F)C(=O)COc1ccccc1C(C)(C)C. The van der Waals surface area contributed by atoms with Crippen LogP contribution in [0.15, 0.2) is 48.5 Å². The third-order valence-corrected chi connectivity index (χ3v) is 5.20. The van der Waals surface area contributed by atoms with Crippen LogP contribution in [0.2, 0.25) is 0 Å². The Balaban J connectivity index is 2.22. The van der Waals surface area contributed by atoms with Crippen LogP contribution in [0.5, 0.6) is 5.75 Å². The van der Waals surface area contributed by atoms with Gasteiger partial charge in [-0.25, -0.2) is 4.39 Å². The number of carbonyl (C=O) groups excluding carboxylic acids is 2. The van der Waals surface area contributed by atoms with Crippen molar-refractivity contribution in [1.29, 1.82) is 0 Å². The number of nitrogens with zero attached hydrogens (tertiary/aromatic N) is 1. The fraction of sp³-hybridized carbons (Fsp3) is 0.462. The van der Waals surface area contributed by atoms with Crippen molar-refractivity contribution in [3.63, 3.8) is 0 Å². The van der Waals surface area contributed by atoms with E-state index in [0.29, 0.717) is 17.9 Å². The lowest BCUT2D eigenvalue weighted by Gasteiger charge is -2.29. The number of carbonyl (C=O) groups is 2. The molecule has 0 aliphatic rings. The molecule has 2 aromatic rings. The monoisotopic (exact) mass is 442 g/mol. The summed E-state index contributed by atoms with van der Waals surface area (Å²) in [5, 5.41) is 2.85. The first-order valence-electron chi connectivity index (χ1n) is 11.0. The van der Waals surface area contributed by atoms with E-state index >= 15 is 0 Å². The van der Waals surface area contributed by atoms with Gasteiger partial charge in [0.05, 0.1) is 0 Å². The van der Waals surface area contributed by atoms with Gasteiger partial charge in [0.1, 0.15) is 17.6 Å². The normalized spacial score (nSPS) is 12.4. The van der Waals surface area contributed by atoms with Gasteiger partial charge in [0.25, 0.3) is 5.91 Å². The number of ether oxygens (including phenoxy) is 1. The molecule has 0 heterocycles. The van der Waals surface area contributed by atoms with E-state index in [2.05, 4.69) is 26.1 Å². The van der Waals surface area contributed by atoms with E-state index in [1.165, 1.54) is 11.0 Å². The van der Waals surface area contributed by atoms with E-state index in [1.54, 1.807) is 25.1 Å². The minimum absolute atomic E-state index is 0.0218. The number of benzene rings is 2. The van der Waals surface area contributed by atoms with Gasteiger partial charge in [-0.1, -0.05) is 71.0 Å². The van der Waals surface area contributed by atoms with Crippen LogP contribution >= 0.6 is 0 Å². The molecule has 0 radical (unpaired) electrons. The lowest BCUT2D eigenvalue weighted by Crippen LogP contribution is -2.49. The molecule has 6 heteroatoms. The summed E-state index contributed by atoms with van der Waals surface area (Å²) in [5.74, 6) is -0.183. The van der Waals surface area contributed by atoms with Crippen molar-refractivity contribution < 1.29 is 18.7 Å². The third kappa shape index (κ3) is 7.08. The summed E-state index contributed by atoms with van der Waals surface area (Å²) in [6.45, 7) is 12.1. The summed E-state index contributed by atoms with van der Waals surface area (Å²) < 4.78 is 20.2. The van der Waals surface area contributed by atoms with Crippen LogP contribution < -0.4 is 10.1 Å². The van der Waals surface area contributed by atoms with Crippen molar-refractivity contribution in [3.05, 3.63) is 65.5 Å². The van der Waals surface area contributed by atoms with E-state index < -0.39 is 11.9 Å². The minimum atomic E-state index is -0.776. The Kier molecular flexibility index (Phi) is 8.81. The van der Waals surface area contributed by atoms with Crippen LogP contribution in [0, 0.1) is 11.7 Å². The molecule has 2 rings (SSSR count). The Morgan fingerprint density at radius 2 is 1.66 bits per heavy atom. The molecule has 0 saturated carbocycles. The van der Waals surface area contributed by atoms with Gasteiger partial charge in [-0.15, -0.1) is 0 Å². The number of rotatable bonds is 9. The van der Waals surface area contributed by atoms with Gasteiger partial charge in [-0.3, -0.25) is 9.59 Å². The largest absolute Gasteiger partial charge is 0.483 e. The molecular weight excluding hydrogens is 407 g/mol. The molecule has 5 nitrogen and oxygen atoms in total. The van der Waals surface area contributed by atoms with Crippen molar-refractivity contribution >= 4 is 11.8 Å². The number of halogens is 1. The molecule has 0 aliphatic carbocycles. The van der Waals surface area contributed by atoms with Crippen LogP contribution in [0.25, 0.3) is 0 Å². The zero-order valence-corrected chi connectivity index (χ0v) is 19.9. The third-order valence-electron chi connectivity index (χ3n) is 5.20. The standard InChI is InChI=1S/C26H35FN2O3/c1-18(2)15-28-25(31)19(3)29(16-20-11-7-9-13-22(20)27)24(30)17-32-23-14-10-8-12-21(23)26(4,5)6/h7-14,18-19H,15-17H2,1-6H3,(H,28,31)/t19-/m1/s1. The Labute approximate surface area is 191 Å². The highest BCUT2D eigenvalue weighted by Crippen LogP contribution is 2.31. The molecule has 2 aromatic carbocycles. The quantitative estimate of drug-likeness (QED) is 0.613. The zero-order valence-electron chi connectivity index (χ0n) is 19.9. The molecule has 0 bridgehead atoms. The maximum absolute atomic E-state index is 14.3. The lowest BCUT2D eigenvalue weighted by atomic mass is 9.86. The highest BCUT2D eigenvalue weighted by molar-refractivity contribution is 5.88. The van der Waals surface area contributed by atoms with Crippen LogP contribution in [0.4, 0.5) is 4.39 Å². The maximum Gasteiger partial charge on any atom is 0.261 e. The minimum Gasteiger partial charge on any atom is -0.483 e. The average molecular weight is 443 g/mol. The van der Waals surface area contributed by atoms with Crippen molar-refractivity contribution in [2.24, 2.45) is 5.92 Å². The predicted molar refractivity (Wildman–Crippen MR) is 125 cm³/mol. The topological polar surface area (TPSA) is 58.6 Å². The Morgan fingerprint density at radius 3 is 2.28 bits per heavy atom. The van der Waals surface area contributed by atoms with Gasteiger partial charge in [0, 0.05) is 18.7 Å². The first kappa shape index (κ1) is 25.4. The van der Waals surface area contributed by atoms with Gasteiger partial charge in [0.2, 0.25) is 5.91 Å². The summed E-state index contributed by atoms with van der Waals surface area (Å²) in [5.41, 5.74) is 1.17. The number of para-hydroxylation sites is 1. The molecule has 0 aliphatic heterocycles. The smallest absolute Gasteiger partial charge is 0.261 e. The van der Waals surface area contributed by atoms with Gasteiger partial charge >= 0.3 is 0 Å². The number of nitrogens with one attached hydrogen (secondary N) is 1. The molecule has 2 amide bonds. The molecule has 174 valence electrons. The van der Waals surface area contributed by atoms with Gasteiger partial charge in [-0.2, -0.15) is 0 Å². The van der Waals surface area contributed by atoms with Crippen molar-refractivity contribution in [1.82, 2.24) is 10.2 Å². The van der Waals surface area contributed by atoms with Crippen LogP contribution in [0.1, 0.15) is 52.7 Å². The van der Waals surface area contributed by atoms with Gasteiger partial charge in [0.15, 0.2) is 6.61 Å². The Bertz CT molecular complexity index is 921. The second-order valence-electron chi connectivity index (χ2n) is 9.46. The summed E-state index contributed by atoms with van der Waals surface area (Å²) in [6, 6.07) is 13.1. The molecule has 1 atom stereocenters. The Hall–Kier alpha value is -2.89. The van der Waals surface area contributed by atoms with Crippen molar-refractivity contribution in [2.45, 2.75) is 59.5 Å². The molecule has 0 unspecified atom stereocenters. The van der Waals surface area contributed by atoms with Gasteiger partial charge < -0.3 is 15.0 Å². The summed E-state index contributed by atoms with van der Waals surface area (Å²) >= 11 is 0. The van der Waals surface area contributed by atoms with E-state index in [1.807, 2.05) is 38.1 Å². The molecule has 0 saturated heterocycles. The number of hydrogen-bond donors (Lipinski definition) is 1. The van der Waals surface area contributed by atoms with Gasteiger partial charge in [-0.05, 0) is 36.0 Å². The predicted octanol–water partition coefficient (Wildman–Crippen LogP) is 4.69. The van der Waals surface area contributed by atoms with E-state index in [-0.39, 0.29) is 36.3 Å². The first-order chi connectivity index (χ1) is 15.0. The summed E-state index contributed by atoms with van der Waals surface area (Å²) in [4.78, 5) is 27.2. The molecule has 1 N–H and O–H groups in total. The summed E-state index contributed by atoms with van der Waals surface area (Å²) in [7, 11) is 0. The second-order valence-corrected chi connectivity index (χ2v) is 9.46. The highest BCUT2D eigenvalue weighted by Gasteiger charge is 2.28. The molecule has 32 heavy (non-hydrogen) atoms. The van der Waals surface area contributed by atoms with E-state index in [0.717, 1.165) is 5.56 Å². The first-order valence-corrected chi connectivity index (χ1v) is 11.0. The second kappa shape index (κ2) is 11.1. The van der Waals surface area contributed by atoms with E-state index in [9.17, 15) is 14.0 Å². The fourth-order valence-corrected chi connectivity index (χ4v) is 3.28. The van der Waals surface area contributed by atoms with Crippen molar-refractivity contribution in [3.8, 4) is 5.75 Å². The van der Waals surface area contributed by atoms with Crippen LogP contribution in [0.3, 0.4) is 0 Å². The summed E-state index contributed by atoms with van der Waals surface area (Å²) in [6.07, 6.45) is 0. The van der Waals surface area contributed by atoms with Crippen molar-refractivity contribution in [2.75, 3.05) is 13.2 Å². The van der Waals surface area contributed by atoms with E-state index in [4.69, 9.17) is 4.74 Å². The molecule has 0 spiro atoms. The number of amides is 2. The highest BCUT2D eigenvalue weighted by atomic mass is 19.1. The fourth-order valence-electron chi connectivity index (χ4n) is 3.28. The maximum atomic E-state index is 14.3. The lowest BCUT2D eigenvalue weighted by molar-refractivity contribution is -0.142. The molecule has 0 fully saturated rings. The molecular formula is C26H35FN2O3. The average Bonchev–Trinajstić information content (AvgIpc) is 2.74. The number of hydrogen-bond acceptors (Lipinski definition) is 3.